The second kappa shape index (κ2) is 7.07. The highest BCUT2D eigenvalue weighted by Crippen LogP contribution is 2.04. The largest absolute Gasteiger partial charge is 0.394 e. The molecular weight excluding hydrogens is 214 g/mol. The van der Waals surface area contributed by atoms with Crippen molar-refractivity contribution in [2.24, 2.45) is 5.92 Å². The van der Waals surface area contributed by atoms with E-state index >= 15 is 0 Å². The van der Waals surface area contributed by atoms with Gasteiger partial charge in [-0.05, 0) is 17.9 Å². The van der Waals surface area contributed by atoms with Crippen LogP contribution < -0.4 is 5.32 Å². The van der Waals surface area contributed by atoms with Gasteiger partial charge in [0, 0.05) is 6.42 Å². The number of carbonyl (C=O) groups excluding carboxylic acids is 1. The van der Waals surface area contributed by atoms with Gasteiger partial charge in [0.1, 0.15) is 0 Å². The Balaban J connectivity index is 2.35. The SMILES string of the molecule is CC(C)[C@@H](CO)NC(=O)CCc1ccccc1. The number of rotatable bonds is 6. The summed E-state index contributed by atoms with van der Waals surface area (Å²) in [6, 6.07) is 9.79. The van der Waals surface area contributed by atoms with Crippen molar-refractivity contribution in [1.82, 2.24) is 5.32 Å². The summed E-state index contributed by atoms with van der Waals surface area (Å²) in [5.41, 5.74) is 1.16. The molecule has 0 saturated heterocycles. The topological polar surface area (TPSA) is 49.3 Å². The lowest BCUT2D eigenvalue weighted by molar-refractivity contribution is -0.122. The molecule has 0 heterocycles. The highest BCUT2D eigenvalue weighted by Gasteiger charge is 2.14. The number of amides is 1. The lowest BCUT2D eigenvalue weighted by Crippen LogP contribution is -2.41. The number of aliphatic hydroxyl groups excluding tert-OH is 1. The first-order valence-electron chi connectivity index (χ1n) is 6.07. The maximum Gasteiger partial charge on any atom is 0.220 e. The molecule has 0 spiro atoms. The summed E-state index contributed by atoms with van der Waals surface area (Å²) < 4.78 is 0. The molecule has 1 atom stereocenters. The highest BCUT2D eigenvalue weighted by molar-refractivity contribution is 5.76. The number of carbonyl (C=O) groups is 1. The molecule has 2 N–H and O–H groups in total. The van der Waals surface area contributed by atoms with Gasteiger partial charge in [0.15, 0.2) is 0 Å². The number of aliphatic hydroxyl groups is 1. The average Bonchev–Trinajstić information content (AvgIpc) is 2.34. The van der Waals surface area contributed by atoms with Crippen LogP contribution in [-0.2, 0) is 11.2 Å². The molecule has 0 aliphatic rings. The van der Waals surface area contributed by atoms with Crippen molar-refractivity contribution in [2.75, 3.05) is 6.61 Å². The van der Waals surface area contributed by atoms with Crippen LogP contribution >= 0.6 is 0 Å². The fraction of sp³-hybridized carbons (Fsp3) is 0.500. The van der Waals surface area contributed by atoms with Gasteiger partial charge in [-0.25, -0.2) is 0 Å². The normalized spacial score (nSPS) is 12.5. The second-order valence-electron chi connectivity index (χ2n) is 4.59. The Morgan fingerprint density at radius 3 is 2.47 bits per heavy atom. The Morgan fingerprint density at radius 1 is 1.29 bits per heavy atom. The summed E-state index contributed by atoms with van der Waals surface area (Å²) >= 11 is 0. The van der Waals surface area contributed by atoms with Gasteiger partial charge in [-0.15, -0.1) is 0 Å². The number of nitrogens with one attached hydrogen (secondary N) is 1. The quantitative estimate of drug-likeness (QED) is 0.789. The maximum atomic E-state index is 11.7. The molecule has 1 aromatic rings. The minimum Gasteiger partial charge on any atom is -0.394 e. The first-order valence-corrected chi connectivity index (χ1v) is 6.07. The lowest BCUT2D eigenvalue weighted by atomic mass is 10.0. The third-order valence-electron chi connectivity index (χ3n) is 2.83. The second-order valence-corrected chi connectivity index (χ2v) is 4.59. The van der Waals surface area contributed by atoms with Gasteiger partial charge in [0.05, 0.1) is 12.6 Å². The zero-order valence-electron chi connectivity index (χ0n) is 10.5. The summed E-state index contributed by atoms with van der Waals surface area (Å²) in [6.07, 6.45) is 1.20. The van der Waals surface area contributed by atoms with E-state index in [0.717, 1.165) is 12.0 Å². The van der Waals surface area contributed by atoms with Crippen LogP contribution in [0.25, 0.3) is 0 Å². The van der Waals surface area contributed by atoms with E-state index in [1.165, 1.54) is 0 Å². The Morgan fingerprint density at radius 2 is 1.94 bits per heavy atom. The van der Waals surface area contributed by atoms with Crippen molar-refractivity contribution in [3.05, 3.63) is 35.9 Å². The number of hydrogen-bond donors (Lipinski definition) is 2. The summed E-state index contributed by atoms with van der Waals surface area (Å²) in [4.78, 5) is 11.7. The first kappa shape index (κ1) is 13.7. The lowest BCUT2D eigenvalue weighted by Gasteiger charge is -2.19. The third-order valence-corrected chi connectivity index (χ3v) is 2.83. The standard InChI is InChI=1S/C14H21NO2/c1-11(2)13(10-16)15-14(17)9-8-12-6-4-3-5-7-12/h3-7,11,13,16H,8-10H2,1-2H3,(H,15,17)/t13-/m1/s1. The van der Waals surface area contributed by atoms with Crippen LogP contribution in [0, 0.1) is 5.92 Å². The minimum atomic E-state index is -0.140. The molecule has 1 rings (SSSR count). The number of aryl methyl sites for hydroxylation is 1. The summed E-state index contributed by atoms with van der Waals surface area (Å²) in [6.45, 7) is 3.96. The van der Waals surface area contributed by atoms with E-state index in [-0.39, 0.29) is 24.5 Å². The van der Waals surface area contributed by atoms with Crippen LogP contribution in [0.2, 0.25) is 0 Å². The molecular formula is C14H21NO2. The van der Waals surface area contributed by atoms with Gasteiger partial charge in [-0.3, -0.25) is 4.79 Å². The highest BCUT2D eigenvalue weighted by atomic mass is 16.3. The fourth-order valence-electron chi connectivity index (χ4n) is 1.60. The monoisotopic (exact) mass is 235 g/mol. The maximum absolute atomic E-state index is 11.7. The average molecular weight is 235 g/mol. The summed E-state index contributed by atoms with van der Waals surface area (Å²) in [5, 5.41) is 12.0. The van der Waals surface area contributed by atoms with Gasteiger partial charge in [0.2, 0.25) is 5.91 Å². The molecule has 0 unspecified atom stereocenters. The van der Waals surface area contributed by atoms with Crippen LogP contribution in [-0.4, -0.2) is 23.7 Å². The van der Waals surface area contributed by atoms with Gasteiger partial charge >= 0.3 is 0 Å². The Bertz CT molecular complexity index is 335. The zero-order chi connectivity index (χ0) is 12.7. The van der Waals surface area contributed by atoms with Crippen LogP contribution in [0.15, 0.2) is 30.3 Å². The smallest absolute Gasteiger partial charge is 0.220 e. The summed E-state index contributed by atoms with van der Waals surface area (Å²) in [5.74, 6) is 0.252. The van der Waals surface area contributed by atoms with Gasteiger partial charge < -0.3 is 10.4 Å². The predicted octanol–water partition coefficient (Wildman–Crippen LogP) is 1.75. The van der Waals surface area contributed by atoms with Gasteiger partial charge in [0.25, 0.3) is 0 Å². The van der Waals surface area contributed by atoms with Crippen LogP contribution in [0.1, 0.15) is 25.8 Å². The molecule has 1 aromatic carbocycles. The zero-order valence-corrected chi connectivity index (χ0v) is 10.5. The summed E-state index contributed by atoms with van der Waals surface area (Å²) in [7, 11) is 0. The Labute approximate surface area is 103 Å². The molecule has 0 bridgehead atoms. The van der Waals surface area contributed by atoms with Crippen molar-refractivity contribution in [2.45, 2.75) is 32.7 Å². The predicted molar refractivity (Wildman–Crippen MR) is 68.6 cm³/mol. The van der Waals surface area contributed by atoms with E-state index in [2.05, 4.69) is 5.32 Å². The Kier molecular flexibility index (Phi) is 5.70. The van der Waals surface area contributed by atoms with E-state index in [9.17, 15) is 4.79 Å². The van der Waals surface area contributed by atoms with E-state index in [1.807, 2.05) is 44.2 Å². The van der Waals surface area contributed by atoms with Crippen molar-refractivity contribution in [3.8, 4) is 0 Å². The van der Waals surface area contributed by atoms with Crippen molar-refractivity contribution < 1.29 is 9.90 Å². The Hall–Kier alpha value is -1.35. The molecule has 0 aromatic heterocycles. The third kappa shape index (κ3) is 5.00. The van der Waals surface area contributed by atoms with Crippen molar-refractivity contribution >= 4 is 5.91 Å². The fourth-order valence-corrected chi connectivity index (χ4v) is 1.60. The molecule has 0 saturated carbocycles. The van der Waals surface area contributed by atoms with Crippen LogP contribution in [0.3, 0.4) is 0 Å². The molecule has 94 valence electrons. The van der Waals surface area contributed by atoms with Crippen molar-refractivity contribution in [3.63, 3.8) is 0 Å². The molecule has 0 aliphatic heterocycles. The molecule has 17 heavy (non-hydrogen) atoms. The minimum absolute atomic E-state index is 0.00148. The molecule has 0 fully saturated rings. The molecule has 0 radical (unpaired) electrons. The molecule has 3 nitrogen and oxygen atoms in total. The molecule has 1 amide bonds. The van der Waals surface area contributed by atoms with Crippen LogP contribution in [0.4, 0.5) is 0 Å². The van der Waals surface area contributed by atoms with Gasteiger partial charge in [-0.1, -0.05) is 44.2 Å². The number of hydrogen-bond acceptors (Lipinski definition) is 2. The van der Waals surface area contributed by atoms with E-state index < -0.39 is 0 Å². The van der Waals surface area contributed by atoms with E-state index in [4.69, 9.17) is 5.11 Å². The van der Waals surface area contributed by atoms with E-state index in [0.29, 0.717) is 6.42 Å². The first-order chi connectivity index (χ1) is 8.13. The van der Waals surface area contributed by atoms with Crippen molar-refractivity contribution in [1.29, 1.82) is 0 Å². The molecule has 3 heteroatoms. The molecule has 0 aliphatic carbocycles. The van der Waals surface area contributed by atoms with Crippen LogP contribution in [0.5, 0.6) is 0 Å². The van der Waals surface area contributed by atoms with E-state index in [1.54, 1.807) is 0 Å². The van der Waals surface area contributed by atoms with Gasteiger partial charge in [-0.2, -0.15) is 0 Å². The number of benzene rings is 1.